The molecule has 1 atom stereocenters. The zero-order valence-electron chi connectivity index (χ0n) is 12.1. The highest BCUT2D eigenvalue weighted by atomic mass is 35.5. The Kier molecular flexibility index (Phi) is 4.36. The van der Waals surface area contributed by atoms with Gasteiger partial charge in [0.15, 0.2) is 0 Å². The molecule has 2 aromatic rings. The van der Waals surface area contributed by atoms with Crippen LogP contribution in [-0.2, 0) is 5.54 Å². The quantitative estimate of drug-likeness (QED) is 0.881. The molecule has 0 saturated carbocycles. The molecule has 0 bridgehead atoms. The second-order valence-electron chi connectivity index (χ2n) is 5.44. The van der Waals surface area contributed by atoms with Crippen LogP contribution in [0, 0.1) is 13.8 Å². The Balaban J connectivity index is 2.37. The van der Waals surface area contributed by atoms with Crippen LogP contribution in [0.5, 0.6) is 0 Å². The van der Waals surface area contributed by atoms with Crippen LogP contribution in [0.1, 0.15) is 23.6 Å². The Labute approximate surface area is 125 Å². The third kappa shape index (κ3) is 3.14. The Morgan fingerprint density at radius 2 is 1.75 bits per heavy atom. The molecule has 0 saturated heterocycles. The summed E-state index contributed by atoms with van der Waals surface area (Å²) in [5, 5.41) is 14.0. The summed E-state index contributed by atoms with van der Waals surface area (Å²) in [6.07, 6.45) is 0. The third-order valence-corrected chi connectivity index (χ3v) is 3.82. The van der Waals surface area contributed by atoms with Gasteiger partial charge in [-0.25, -0.2) is 0 Å². The number of nitrogens with one attached hydrogen (secondary N) is 1. The van der Waals surface area contributed by atoms with Gasteiger partial charge in [-0.15, -0.1) is 0 Å². The average molecular weight is 290 g/mol. The van der Waals surface area contributed by atoms with Gasteiger partial charge in [-0.3, -0.25) is 0 Å². The van der Waals surface area contributed by atoms with Gasteiger partial charge in [-0.2, -0.15) is 0 Å². The van der Waals surface area contributed by atoms with Crippen LogP contribution >= 0.6 is 11.6 Å². The van der Waals surface area contributed by atoms with Crippen LogP contribution in [0.15, 0.2) is 42.5 Å². The fourth-order valence-electron chi connectivity index (χ4n) is 2.37. The second kappa shape index (κ2) is 5.86. The smallest absolute Gasteiger partial charge is 0.0830 e. The molecule has 0 aliphatic rings. The zero-order valence-corrected chi connectivity index (χ0v) is 12.8. The van der Waals surface area contributed by atoms with Crippen LogP contribution in [-0.4, -0.2) is 11.7 Å². The first-order valence-corrected chi connectivity index (χ1v) is 7.05. The summed E-state index contributed by atoms with van der Waals surface area (Å²) >= 11 is 5.90. The SMILES string of the molecule is Cc1ccc(C)c(C(C)(CO)Nc2ccc(Cl)cc2)c1. The summed E-state index contributed by atoms with van der Waals surface area (Å²) in [6.45, 7) is 6.14. The molecule has 0 aromatic heterocycles. The summed E-state index contributed by atoms with van der Waals surface area (Å²) in [4.78, 5) is 0. The predicted molar refractivity (Wildman–Crippen MR) is 85.4 cm³/mol. The summed E-state index contributed by atoms with van der Waals surface area (Å²) < 4.78 is 0. The van der Waals surface area contributed by atoms with Gasteiger partial charge in [0.1, 0.15) is 0 Å². The molecular weight excluding hydrogens is 270 g/mol. The van der Waals surface area contributed by atoms with Gasteiger partial charge >= 0.3 is 0 Å². The lowest BCUT2D eigenvalue weighted by atomic mass is 9.87. The van der Waals surface area contributed by atoms with E-state index in [1.165, 1.54) is 5.56 Å². The van der Waals surface area contributed by atoms with Crippen LogP contribution < -0.4 is 5.32 Å². The molecular formula is C17H20ClNO. The van der Waals surface area contributed by atoms with Gasteiger partial charge < -0.3 is 10.4 Å². The number of halogens is 1. The van der Waals surface area contributed by atoms with Crippen LogP contribution in [0.4, 0.5) is 5.69 Å². The molecule has 106 valence electrons. The van der Waals surface area contributed by atoms with E-state index in [9.17, 15) is 5.11 Å². The lowest BCUT2D eigenvalue weighted by Crippen LogP contribution is -2.36. The maximum absolute atomic E-state index is 9.88. The predicted octanol–water partition coefficient (Wildman–Crippen LogP) is 4.28. The van der Waals surface area contributed by atoms with E-state index in [2.05, 4.69) is 37.4 Å². The summed E-state index contributed by atoms with van der Waals surface area (Å²) in [6, 6.07) is 13.8. The van der Waals surface area contributed by atoms with Crippen molar-refractivity contribution in [3.05, 3.63) is 64.2 Å². The molecule has 0 spiro atoms. The normalized spacial score (nSPS) is 13.8. The maximum Gasteiger partial charge on any atom is 0.0830 e. The average Bonchev–Trinajstić information content (AvgIpc) is 2.44. The van der Waals surface area contributed by atoms with E-state index in [-0.39, 0.29) is 6.61 Å². The molecule has 2 N–H and O–H groups in total. The number of aryl methyl sites for hydroxylation is 2. The molecule has 0 aliphatic carbocycles. The van der Waals surface area contributed by atoms with Crippen LogP contribution in [0.2, 0.25) is 5.02 Å². The Bertz CT molecular complexity index is 594. The van der Waals surface area contributed by atoms with E-state index in [0.29, 0.717) is 5.02 Å². The number of benzene rings is 2. The largest absolute Gasteiger partial charge is 0.394 e. The fraction of sp³-hybridized carbons (Fsp3) is 0.294. The highest BCUT2D eigenvalue weighted by molar-refractivity contribution is 6.30. The van der Waals surface area contributed by atoms with E-state index in [4.69, 9.17) is 11.6 Å². The third-order valence-electron chi connectivity index (χ3n) is 3.57. The molecule has 20 heavy (non-hydrogen) atoms. The zero-order chi connectivity index (χ0) is 14.8. The van der Waals surface area contributed by atoms with Gasteiger partial charge in [0, 0.05) is 10.7 Å². The van der Waals surface area contributed by atoms with E-state index in [1.807, 2.05) is 31.2 Å². The highest BCUT2D eigenvalue weighted by Crippen LogP contribution is 2.29. The summed E-state index contributed by atoms with van der Waals surface area (Å²) in [5.41, 5.74) is 3.86. The maximum atomic E-state index is 9.88. The van der Waals surface area contributed by atoms with Crippen molar-refractivity contribution in [2.24, 2.45) is 0 Å². The van der Waals surface area contributed by atoms with Gasteiger partial charge in [0.25, 0.3) is 0 Å². The number of anilines is 1. The van der Waals surface area contributed by atoms with E-state index < -0.39 is 5.54 Å². The first kappa shape index (κ1) is 14.9. The first-order chi connectivity index (χ1) is 9.44. The van der Waals surface area contributed by atoms with E-state index in [0.717, 1.165) is 16.8 Å². The number of aliphatic hydroxyl groups excluding tert-OH is 1. The first-order valence-electron chi connectivity index (χ1n) is 6.67. The number of aliphatic hydroxyl groups is 1. The molecule has 2 nitrogen and oxygen atoms in total. The van der Waals surface area contributed by atoms with Crippen molar-refractivity contribution >= 4 is 17.3 Å². The lowest BCUT2D eigenvalue weighted by Gasteiger charge is -2.32. The molecule has 0 aliphatic heterocycles. The molecule has 3 heteroatoms. The fourth-order valence-corrected chi connectivity index (χ4v) is 2.50. The van der Waals surface area contributed by atoms with Gasteiger partial charge in [0.2, 0.25) is 0 Å². The van der Waals surface area contributed by atoms with Crippen molar-refractivity contribution in [2.45, 2.75) is 26.3 Å². The molecule has 2 rings (SSSR count). The van der Waals surface area contributed by atoms with Crippen molar-refractivity contribution in [3.63, 3.8) is 0 Å². The van der Waals surface area contributed by atoms with E-state index >= 15 is 0 Å². The van der Waals surface area contributed by atoms with Crippen molar-refractivity contribution in [2.75, 3.05) is 11.9 Å². The number of hydrogen-bond donors (Lipinski definition) is 2. The Morgan fingerprint density at radius 3 is 2.35 bits per heavy atom. The number of hydrogen-bond acceptors (Lipinski definition) is 2. The molecule has 0 radical (unpaired) electrons. The van der Waals surface area contributed by atoms with Gasteiger partial charge in [-0.1, -0.05) is 35.4 Å². The van der Waals surface area contributed by atoms with Gasteiger partial charge in [0.05, 0.1) is 12.1 Å². The number of rotatable bonds is 4. The molecule has 0 fully saturated rings. The minimum atomic E-state index is -0.524. The van der Waals surface area contributed by atoms with Gasteiger partial charge in [-0.05, 0) is 56.2 Å². The monoisotopic (exact) mass is 289 g/mol. The summed E-state index contributed by atoms with van der Waals surface area (Å²) in [7, 11) is 0. The molecule has 0 amide bonds. The molecule has 0 heterocycles. The topological polar surface area (TPSA) is 32.3 Å². The summed E-state index contributed by atoms with van der Waals surface area (Å²) in [5.74, 6) is 0. The van der Waals surface area contributed by atoms with Crippen molar-refractivity contribution in [1.82, 2.24) is 0 Å². The van der Waals surface area contributed by atoms with Crippen molar-refractivity contribution in [1.29, 1.82) is 0 Å². The van der Waals surface area contributed by atoms with Crippen LogP contribution in [0.25, 0.3) is 0 Å². The van der Waals surface area contributed by atoms with Crippen LogP contribution in [0.3, 0.4) is 0 Å². The molecule has 1 unspecified atom stereocenters. The lowest BCUT2D eigenvalue weighted by molar-refractivity contribution is 0.223. The van der Waals surface area contributed by atoms with E-state index in [1.54, 1.807) is 0 Å². The standard InChI is InChI=1S/C17H20ClNO/c1-12-4-5-13(2)16(10-12)17(3,11-20)19-15-8-6-14(18)7-9-15/h4-10,19-20H,11H2,1-3H3. The highest BCUT2D eigenvalue weighted by Gasteiger charge is 2.27. The Hall–Kier alpha value is -1.51. The minimum absolute atomic E-state index is 0.0138. The van der Waals surface area contributed by atoms with Crippen molar-refractivity contribution < 1.29 is 5.11 Å². The van der Waals surface area contributed by atoms with Crippen molar-refractivity contribution in [3.8, 4) is 0 Å². The Morgan fingerprint density at radius 1 is 1.10 bits per heavy atom. The molecule has 2 aromatic carbocycles. The second-order valence-corrected chi connectivity index (χ2v) is 5.88. The minimum Gasteiger partial charge on any atom is -0.394 e.